The summed E-state index contributed by atoms with van der Waals surface area (Å²) in [7, 11) is 0. The molecular weight excluding hydrogens is 390 g/mol. The molecule has 0 saturated carbocycles. The van der Waals surface area contributed by atoms with Crippen molar-refractivity contribution in [2.75, 3.05) is 13.1 Å². The first-order chi connectivity index (χ1) is 15.1. The summed E-state index contributed by atoms with van der Waals surface area (Å²) < 4.78 is 5.84. The number of carbonyl (C=O) groups excluding carboxylic acids is 2. The highest BCUT2D eigenvalue weighted by Gasteiger charge is 2.28. The fourth-order valence-corrected chi connectivity index (χ4v) is 3.65. The number of ether oxygens (including phenoxy) is 1. The number of carbonyl (C=O) groups is 2. The maximum atomic E-state index is 12.6. The topological polar surface area (TPSA) is 71.5 Å². The van der Waals surface area contributed by atoms with Crippen molar-refractivity contribution in [3.05, 3.63) is 89.7 Å². The van der Waals surface area contributed by atoms with Gasteiger partial charge in [-0.25, -0.2) is 0 Å². The van der Waals surface area contributed by atoms with Crippen LogP contribution in [0.2, 0.25) is 0 Å². The molecule has 1 atom stereocenters. The molecule has 2 amide bonds. The molecule has 0 unspecified atom stereocenters. The number of rotatable bonds is 6. The van der Waals surface area contributed by atoms with Crippen LogP contribution in [-0.4, -0.2) is 40.8 Å². The van der Waals surface area contributed by atoms with Crippen molar-refractivity contribution >= 4 is 11.8 Å². The largest absolute Gasteiger partial charge is 0.457 e. The van der Waals surface area contributed by atoms with Crippen LogP contribution in [0.3, 0.4) is 0 Å². The van der Waals surface area contributed by atoms with Crippen LogP contribution in [0.1, 0.15) is 28.0 Å². The molecule has 3 aromatic rings. The second kappa shape index (κ2) is 9.43. The Labute approximate surface area is 181 Å². The van der Waals surface area contributed by atoms with Crippen molar-refractivity contribution in [2.24, 2.45) is 0 Å². The molecule has 1 saturated heterocycles. The number of nitrogens with one attached hydrogen (secondary N) is 1. The maximum absolute atomic E-state index is 12.6. The number of benzene rings is 2. The van der Waals surface area contributed by atoms with Gasteiger partial charge >= 0.3 is 0 Å². The Hall–Kier alpha value is -3.67. The van der Waals surface area contributed by atoms with Crippen LogP contribution in [0, 0.1) is 6.92 Å². The zero-order chi connectivity index (χ0) is 21.6. The predicted octanol–water partition coefficient (Wildman–Crippen LogP) is 3.76. The summed E-state index contributed by atoms with van der Waals surface area (Å²) in [6.45, 7) is 3.02. The van der Waals surface area contributed by atoms with Gasteiger partial charge in [0, 0.05) is 31.0 Å². The SMILES string of the molecule is Cc1ccc(C(=O)N2CC[C@@H](NC(=O)Cc3cccc(Oc4ccccc4)c3)C2)cn1. The summed E-state index contributed by atoms with van der Waals surface area (Å²) in [5.41, 5.74) is 2.33. The molecule has 1 aromatic heterocycles. The van der Waals surface area contributed by atoms with Crippen molar-refractivity contribution in [3.63, 3.8) is 0 Å². The number of aryl methyl sites for hydroxylation is 1. The molecule has 2 heterocycles. The molecule has 6 nitrogen and oxygen atoms in total. The third-order valence-electron chi connectivity index (χ3n) is 5.24. The molecular formula is C25H25N3O3. The molecule has 1 aliphatic rings. The van der Waals surface area contributed by atoms with Gasteiger partial charge in [0.1, 0.15) is 11.5 Å². The number of hydrogen-bond acceptors (Lipinski definition) is 4. The Bertz CT molecular complexity index is 1050. The normalized spacial score (nSPS) is 15.5. The number of pyridine rings is 1. The smallest absolute Gasteiger partial charge is 0.255 e. The van der Waals surface area contributed by atoms with Crippen LogP contribution < -0.4 is 10.1 Å². The highest BCUT2D eigenvalue weighted by molar-refractivity contribution is 5.94. The Morgan fingerprint density at radius 3 is 2.65 bits per heavy atom. The van der Waals surface area contributed by atoms with Crippen molar-refractivity contribution in [1.82, 2.24) is 15.2 Å². The molecule has 1 fully saturated rings. The van der Waals surface area contributed by atoms with E-state index in [9.17, 15) is 9.59 Å². The first-order valence-electron chi connectivity index (χ1n) is 10.4. The van der Waals surface area contributed by atoms with Crippen molar-refractivity contribution in [1.29, 1.82) is 0 Å². The average molecular weight is 415 g/mol. The van der Waals surface area contributed by atoms with Crippen LogP contribution >= 0.6 is 0 Å². The number of aromatic nitrogens is 1. The average Bonchev–Trinajstić information content (AvgIpc) is 3.23. The summed E-state index contributed by atoms with van der Waals surface area (Å²) in [6.07, 6.45) is 2.61. The van der Waals surface area contributed by atoms with Crippen LogP contribution in [-0.2, 0) is 11.2 Å². The van der Waals surface area contributed by atoms with Gasteiger partial charge in [0.15, 0.2) is 0 Å². The number of likely N-dealkylation sites (tertiary alicyclic amines) is 1. The van der Waals surface area contributed by atoms with Gasteiger partial charge in [0.25, 0.3) is 5.91 Å². The molecule has 0 radical (unpaired) electrons. The van der Waals surface area contributed by atoms with E-state index in [2.05, 4.69) is 10.3 Å². The third kappa shape index (κ3) is 5.48. The lowest BCUT2D eigenvalue weighted by Gasteiger charge is -2.17. The fraction of sp³-hybridized carbons (Fsp3) is 0.240. The lowest BCUT2D eigenvalue weighted by molar-refractivity contribution is -0.121. The monoisotopic (exact) mass is 415 g/mol. The second-order valence-corrected chi connectivity index (χ2v) is 7.73. The van der Waals surface area contributed by atoms with E-state index in [1.54, 1.807) is 17.2 Å². The van der Waals surface area contributed by atoms with E-state index in [-0.39, 0.29) is 24.3 Å². The van der Waals surface area contributed by atoms with Gasteiger partial charge in [-0.1, -0.05) is 30.3 Å². The summed E-state index contributed by atoms with van der Waals surface area (Å²) in [5.74, 6) is 1.34. The lowest BCUT2D eigenvalue weighted by Crippen LogP contribution is -2.39. The number of nitrogens with zero attached hydrogens (tertiary/aromatic N) is 2. The minimum absolute atomic E-state index is 0.0430. The van der Waals surface area contributed by atoms with Crippen molar-refractivity contribution < 1.29 is 14.3 Å². The summed E-state index contributed by atoms with van der Waals surface area (Å²) in [4.78, 5) is 31.1. The first kappa shape index (κ1) is 20.6. The van der Waals surface area contributed by atoms with E-state index in [0.29, 0.717) is 24.4 Å². The Balaban J connectivity index is 1.30. The maximum Gasteiger partial charge on any atom is 0.255 e. The van der Waals surface area contributed by atoms with Crippen LogP contribution in [0.25, 0.3) is 0 Å². The van der Waals surface area contributed by atoms with Crippen LogP contribution in [0.15, 0.2) is 72.9 Å². The van der Waals surface area contributed by atoms with Crippen LogP contribution in [0.4, 0.5) is 0 Å². The van der Waals surface area contributed by atoms with Gasteiger partial charge < -0.3 is 15.0 Å². The van der Waals surface area contributed by atoms with Gasteiger partial charge in [-0.05, 0) is 55.3 Å². The third-order valence-corrected chi connectivity index (χ3v) is 5.24. The van der Waals surface area contributed by atoms with Crippen molar-refractivity contribution in [3.8, 4) is 11.5 Å². The highest BCUT2D eigenvalue weighted by Crippen LogP contribution is 2.22. The van der Waals surface area contributed by atoms with Gasteiger partial charge in [-0.15, -0.1) is 0 Å². The van der Waals surface area contributed by atoms with E-state index in [1.807, 2.05) is 67.6 Å². The predicted molar refractivity (Wildman–Crippen MR) is 118 cm³/mol. The molecule has 158 valence electrons. The molecule has 0 spiro atoms. The molecule has 0 bridgehead atoms. The Kier molecular flexibility index (Phi) is 6.26. The summed E-state index contributed by atoms with van der Waals surface area (Å²) in [6, 6.07) is 20.7. The minimum Gasteiger partial charge on any atom is -0.457 e. The number of amides is 2. The van der Waals surface area contributed by atoms with Gasteiger partial charge in [-0.3, -0.25) is 14.6 Å². The zero-order valence-corrected chi connectivity index (χ0v) is 17.5. The van der Waals surface area contributed by atoms with E-state index >= 15 is 0 Å². The van der Waals surface area contributed by atoms with E-state index in [1.165, 1.54) is 0 Å². The van der Waals surface area contributed by atoms with Crippen molar-refractivity contribution in [2.45, 2.75) is 25.8 Å². The number of para-hydroxylation sites is 1. The Morgan fingerprint density at radius 1 is 1.06 bits per heavy atom. The Morgan fingerprint density at radius 2 is 1.87 bits per heavy atom. The molecule has 6 heteroatoms. The van der Waals surface area contributed by atoms with Gasteiger partial charge in [-0.2, -0.15) is 0 Å². The number of hydrogen-bond donors (Lipinski definition) is 1. The lowest BCUT2D eigenvalue weighted by atomic mass is 10.1. The first-order valence-corrected chi connectivity index (χ1v) is 10.4. The standard InChI is InChI=1S/C25H25N3O3/c1-18-10-11-20(16-26-18)25(30)28-13-12-21(17-28)27-24(29)15-19-6-5-9-23(14-19)31-22-7-3-2-4-8-22/h2-11,14,16,21H,12-13,15,17H2,1H3,(H,27,29)/t21-/m1/s1. The van der Waals surface area contributed by atoms with E-state index in [4.69, 9.17) is 4.74 Å². The quantitative estimate of drug-likeness (QED) is 0.666. The molecule has 1 N–H and O–H groups in total. The van der Waals surface area contributed by atoms with Gasteiger partial charge in [0.2, 0.25) is 5.91 Å². The van der Waals surface area contributed by atoms with E-state index in [0.717, 1.165) is 23.4 Å². The highest BCUT2D eigenvalue weighted by atomic mass is 16.5. The summed E-state index contributed by atoms with van der Waals surface area (Å²) in [5, 5.41) is 3.05. The van der Waals surface area contributed by atoms with Gasteiger partial charge in [0.05, 0.1) is 12.0 Å². The molecule has 0 aliphatic carbocycles. The molecule has 31 heavy (non-hydrogen) atoms. The molecule has 4 rings (SSSR count). The second-order valence-electron chi connectivity index (χ2n) is 7.73. The molecule has 2 aromatic carbocycles. The summed E-state index contributed by atoms with van der Waals surface area (Å²) >= 11 is 0. The molecule has 1 aliphatic heterocycles. The fourth-order valence-electron chi connectivity index (χ4n) is 3.65. The minimum atomic E-state index is -0.0619. The van der Waals surface area contributed by atoms with Crippen LogP contribution in [0.5, 0.6) is 11.5 Å². The zero-order valence-electron chi connectivity index (χ0n) is 17.5. The van der Waals surface area contributed by atoms with E-state index < -0.39 is 0 Å².